The number of esters is 2. The van der Waals surface area contributed by atoms with E-state index in [0.29, 0.717) is 32.1 Å². The predicted molar refractivity (Wildman–Crippen MR) is 268 cm³/mol. The van der Waals surface area contributed by atoms with Crippen LogP contribution in [0.1, 0.15) is 226 Å². The number of aliphatic hydroxyl groups excluding tert-OH is 3. The smallest absolute Gasteiger partial charge is 0.462 e. The number of ketones is 1. The quantitative estimate of drug-likeness (QED) is 0.0143. The summed E-state index contributed by atoms with van der Waals surface area (Å²) in [5.74, 6) is -0.980. The molecule has 0 amide bonds. The van der Waals surface area contributed by atoms with Crippen molar-refractivity contribution in [2.24, 2.45) is 17.8 Å². The highest BCUT2D eigenvalue weighted by molar-refractivity contribution is 7.47. The minimum atomic E-state index is -4.90. The Hall–Kier alpha value is -1.55. The fourth-order valence-corrected chi connectivity index (χ4v) is 9.74. The van der Waals surface area contributed by atoms with E-state index in [0.717, 1.165) is 63.7 Å². The first-order valence-corrected chi connectivity index (χ1v) is 29.9. The fourth-order valence-electron chi connectivity index (χ4n) is 8.58. The summed E-state index contributed by atoms with van der Waals surface area (Å²) in [5, 5.41) is 30.6. The summed E-state index contributed by atoms with van der Waals surface area (Å²) in [4.78, 5) is 65.8. The molecule has 0 aromatic heterocycles. The van der Waals surface area contributed by atoms with Crippen LogP contribution in [0.25, 0.3) is 0 Å². The van der Waals surface area contributed by atoms with E-state index in [4.69, 9.17) is 28.3 Å². The monoisotopic (exact) mass is 1030 g/mol. The molecule has 0 bridgehead atoms. The molecule has 0 heterocycles. The Morgan fingerprint density at radius 2 is 1.12 bits per heavy atom. The molecule has 0 aromatic rings. The van der Waals surface area contributed by atoms with Gasteiger partial charge in [-0.1, -0.05) is 193 Å². The molecule has 0 saturated heterocycles. The van der Waals surface area contributed by atoms with Crippen molar-refractivity contribution in [3.63, 3.8) is 0 Å². The molecule has 2 unspecified atom stereocenters. The van der Waals surface area contributed by atoms with Gasteiger partial charge in [0.25, 0.3) is 0 Å². The van der Waals surface area contributed by atoms with Gasteiger partial charge in [0.2, 0.25) is 0 Å². The van der Waals surface area contributed by atoms with Gasteiger partial charge in [-0.25, -0.2) is 9.13 Å². The van der Waals surface area contributed by atoms with Gasteiger partial charge in [0.1, 0.15) is 18.5 Å². The summed E-state index contributed by atoms with van der Waals surface area (Å²) in [6.07, 6.45) is 30.9. The highest BCUT2D eigenvalue weighted by Gasteiger charge is 2.39. The molecule has 0 aliphatic heterocycles. The number of carbonyl (C=O) groups excluding carboxylic acids is 3. The number of hydrogen-bond acceptors (Lipinski definition) is 13. The lowest BCUT2D eigenvalue weighted by atomic mass is 9.88. The lowest BCUT2D eigenvalue weighted by molar-refractivity contribution is -0.161. The van der Waals surface area contributed by atoms with Gasteiger partial charge in [0, 0.05) is 25.2 Å². The molecule has 69 heavy (non-hydrogen) atoms. The Morgan fingerprint density at radius 3 is 1.65 bits per heavy atom. The van der Waals surface area contributed by atoms with Crippen LogP contribution in [-0.4, -0.2) is 98.6 Å². The summed E-state index contributed by atoms with van der Waals surface area (Å²) in [6.45, 7) is 3.82. The first-order chi connectivity index (χ1) is 33.0. The molecule has 1 fully saturated rings. The Kier molecular flexibility index (Phi) is 38.8. The van der Waals surface area contributed by atoms with Crippen LogP contribution < -0.4 is 0 Å². The van der Waals surface area contributed by atoms with Crippen molar-refractivity contribution < 1.29 is 76.6 Å². The summed E-state index contributed by atoms with van der Waals surface area (Å²) in [5.41, 5.74) is 0. The van der Waals surface area contributed by atoms with Crippen LogP contribution in [0.2, 0.25) is 0 Å². The van der Waals surface area contributed by atoms with Crippen molar-refractivity contribution in [3.05, 3.63) is 12.2 Å². The molecular formula is C51H96O16P2. The van der Waals surface area contributed by atoms with E-state index in [1.165, 1.54) is 96.3 Å². The zero-order chi connectivity index (χ0) is 51.2. The van der Waals surface area contributed by atoms with Gasteiger partial charge in [-0.3, -0.25) is 28.0 Å². The molecule has 1 aliphatic carbocycles. The zero-order valence-corrected chi connectivity index (χ0v) is 44.6. The molecule has 1 saturated carbocycles. The van der Waals surface area contributed by atoms with Gasteiger partial charge in [0.05, 0.1) is 32.0 Å². The number of Topliss-reactive ketones (excluding diaryl/α,β-unsaturated/α-hetero) is 1. The van der Waals surface area contributed by atoms with E-state index in [-0.39, 0.29) is 31.0 Å². The molecule has 0 spiro atoms. The largest absolute Gasteiger partial charge is 0.472 e. The van der Waals surface area contributed by atoms with Crippen LogP contribution in [0.4, 0.5) is 0 Å². The van der Waals surface area contributed by atoms with Crippen molar-refractivity contribution in [1.82, 2.24) is 0 Å². The molecule has 0 aromatic carbocycles. The highest BCUT2D eigenvalue weighted by atomic mass is 31.2. The van der Waals surface area contributed by atoms with Crippen LogP contribution in [0.5, 0.6) is 0 Å². The zero-order valence-electron chi connectivity index (χ0n) is 42.8. The number of phosphoric acid groups is 2. The minimum Gasteiger partial charge on any atom is -0.462 e. The van der Waals surface area contributed by atoms with E-state index in [1.54, 1.807) is 12.2 Å². The van der Waals surface area contributed by atoms with E-state index in [1.807, 2.05) is 0 Å². The number of hydrogen-bond donors (Lipinski definition) is 6. The van der Waals surface area contributed by atoms with E-state index >= 15 is 0 Å². The normalized spacial score (nSPS) is 19.1. The fraction of sp³-hybridized carbons (Fsp3) is 0.902. The second kappa shape index (κ2) is 40.9. The maximum Gasteiger partial charge on any atom is 0.472 e. The number of phosphoric ester groups is 2. The van der Waals surface area contributed by atoms with E-state index in [9.17, 15) is 43.7 Å². The molecular weight excluding hydrogens is 930 g/mol. The summed E-state index contributed by atoms with van der Waals surface area (Å²) in [6, 6.07) is 0. The number of aliphatic hydroxyl groups is 3. The molecule has 406 valence electrons. The molecule has 0 radical (unpaired) electrons. The van der Waals surface area contributed by atoms with Gasteiger partial charge in [-0.2, -0.15) is 0 Å². The number of allylic oxidation sites excluding steroid dienone is 1. The van der Waals surface area contributed by atoms with Crippen LogP contribution in [0.3, 0.4) is 0 Å². The molecule has 1 aliphatic rings. The van der Waals surface area contributed by atoms with Crippen molar-refractivity contribution in [2.45, 2.75) is 251 Å². The molecule has 6 N–H and O–H groups in total. The van der Waals surface area contributed by atoms with Crippen LogP contribution in [0, 0.1) is 17.8 Å². The SMILES string of the molecule is CCCCC[C@H](O)/C=C/[C@H]1C(=O)C[C@H](O)[C@@H]1CCCCCCC(=O)OC[C@H](COP(=O)(O)OC[C@@H](O)COP(=O)(O)O)OC(=O)CCCCCCCCCCCCCCCCCCCCC(C)CC. The second-order valence-electron chi connectivity index (χ2n) is 19.5. The Labute approximate surface area is 415 Å². The summed E-state index contributed by atoms with van der Waals surface area (Å²) < 4.78 is 48.0. The van der Waals surface area contributed by atoms with Crippen molar-refractivity contribution in [1.29, 1.82) is 0 Å². The summed E-state index contributed by atoms with van der Waals surface area (Å²) >= 11 is 0. The average Bonchev–Trinajstić information content (AvgIpc) is 3.57. The first-order valence-electron chi connectivity index (χ1n) is 26.9. The van der Waals surface area contributed by atoms with Crippen molar-refractivity contribution in [2.75, 3.05) is 26.4 Å². The third-order valence-corrected chi connectivity index (χ3v) is 14.5. The van der Waals surface area contributed by atoms with Crippen LogP contribution in [-0.2, 0) is 46.6 Å². The average molecular weight is 1030 g/mol. The van der Waals surface area contributed by atoms with Crippen LogP contribution >= 0.6 is 15.6 Å². The van der Waals surface area contributed by atoms with Crippen molar-refractivity contribution in [3.8, 4) is 0 Å². The van der Waals surface area contributed by atoms with Gasteiger partial charge in [-0.15, -0.1) is 0 Å². The van der Waals surface area contributed by atoms with Crippen molar-refractivity contribution >= 4 is 33.4 Å². The minimum absolute atomic E-state index is 0.0261. The van der Waals surface area contributed by atoms with Gasteiger partial charge < -0.3 is 39.5 Å². The Bertz CT molecular complexity index is 1440. The maximum absolute atomic E-state index is 12.8. The number of rotatable bonds is 47. The number of unbranched alkanes of at least 4 members (excludes halogenated alkanes) is 22. The predicted octanol–water partition coefficient (Wildman–Crippen LogP) is 11.3. The van der Waals surface area contributed by atoms with Gasteiger partial charge in [-0.05, 0) is 37.5 Å². The number of ether oxygens (including phenoxy) is 2. The molecule has 1 rings (SSSR count). The lowest BCUT2D eigenvalue weighted by Gasteiger charge is -2.20. The van der Waals surface area contributed by atoms with E-state index in [2.05, 4.69) is 25.3 Å². The lowest BCUT2D eigenvalue weighted by Crippen LogP contribution is -2.30. The maximum atomic E-state index is 12.8. The third-order valence-electron chi connectivity index (χ3n) is 13.1. The second-order valence-corrected chi connectivity index (χ2v) is 22.2. The van der Waals surface area contributed by atoms with Gasteiger partial charge in [0.15, 0.2) is 6.10 Å². The standard InChI is InChI=1S/C51H96O16P2/c1-4-6-25-31-43(52)35-36-47-46(48(54)37-49(47)55)32-27-23-24-28-33-50(56)63-40-45(41-66-69(61,62)65-39-44(53)38-64-68(58,59)60)67-51(57)34-29-22-20-18-16-14-12-10-8-7-9-11-13-15-17-19-21-26-30-42(3)5-2/h35-36,42-48,52-54H,4-34,37-41H2,1-3H3,(H,61,62)(H2,58,59,60)/b36-35+/t42?,43-,44-,45+,46+,47+,48-/m0/s1. The van der Waals surface area contributed by atoms with Crippen LogP contribution in [0.15, 0.2) is 12.2 Å². The molecule has 18 heteroatoms. The van der Waals surface area contributed by atoms with E-state index < -0.39 is 84.3 Å². The highest BCUT2D eigenvalue weighted by Crippen LogP contribution is 2.44. The molecule has 16 nitrogen and oxygen atoms in total. The third kappa shape index (κ3) is 37.8. The Balaban J connectivity index is 2.41. The Morgan fingerprint density at radius 1 is 0.638 bits per heavy atom. The first kappa shape index (κ1) is 65.5. The molecule has 8 atom stereocenters. The topological polar surface area (TPSA) is 253 Å². The summed E-state index contributed by atoms with van der Waals surface area (Å²) in [7, 11) is -9.76. The number of carbonyl (C=O) groups is 3. The van der Waals surface area contributed by atoms with Gasteiger partial charge >= 0.3 is 27.6 Å².